The van der Waals surface area contributed by atoms with Crippen molar-refractivity contribution in [2.75, 3.05) is 13.1 Å². The van der Waals surface area contributed by atoms with Gasteiger partial charge in [-0.1, -0.05) is 0 Å². The number of nitriles is 1. The molecular weight excluding hydrogens is 216 g/mol. The number of nitrogens with zero attached hydrogens (tertiary/aromatic N) is 2. The summed E-state index contributed by atoms with van der Waals surface area (Å²) in [5.74, 6) is -0.744. The Hall–Kier alpha value is -1.08. The molecule has 0 radical (unpaired) electrons. The van der Waals surface area contributed by atoms with Crippen molar-refractivity contribution in [2.24, 2.45) is 5.41 Å². The summed E-state index contributed by atoms with van der Waals surface area (Å²) >= 11 is 0. The van der Waals surface area contributed by atoms with Crippen molar-refractivity contribution in [3.63, 3.8) is 0 Å². The molecule has 1 saturated heterocycles. The molecule has 1 rings (SSSR count). The Morgan fingerprint density at radius 2 is 2.18 bits per heavy atom. The first kappa shape index (κ1) is 14.0. The molecular formula is C13H22N2O2. The fourth-order valence-electron chi connectivity index (χ4n) is 2.25. The molecule has 1 aliphatic heterocycles. The van der Waals surface area contributed by atoms with Crippen LogP contribution >= 0.6 is 0 Å². The van der Waals surface area contributed by atoms with Crippen molar-refractivity contribution < 1.29 is 9.90 Å². The highest BCUT2D eigenvalue weighted by molar-refractivity contribution is 5.78. The van der Waals surface area contributed by atoms with Gasteiger partial charge in [-0.3, -0.25) is 9.69 Å². The lowest BCUT2D eigenvalue weighted by Crippen LogP contribution is -2.55. The van der Waals surface area contributed by atoms with Gasteiger partial charge in [0.25, 0.3) is 0 Å². The van der Waals surface area contributed by atoms with E-state index in [4.69, 9.17) is 5.26 Å². The molecule has 1 fully saturated rings. The van der Waals surface area contributed by atoms with Gasteiger partial charge in [-0.05, 0) is 53.0 Å². The summed E-state index contributed by atoms with van der Waals surface area (Å²) in [6, 6.07) is 2.26. The molecule has 0 aromatic heterocycles. The molecule has 1 N–H and O–H groups in total. The normalized spacial score (nSPS) is 26.5. The molecule has 4 nitrogen and oxygen atoms in total. The molecule has 1 atom stereocenters. The van der Waals surface area contributed by atoms with Crippen LogP contribution in [-0.2, 0) is 4.79 Å². The average molecular weight is 238 g/mol. The van der Waals surface area contributed by atoms with E-state index in [0.717, 1.165) is 19.4 Å². The highest BCUT2D eigenvalue weighted by Gasteiger charge is 2.41. The number of rotatable bonds is 4. The summed E-state index contributed by atoms with van der Waals surface area (Å²) in [6.45, 7) is 7.10. The minimum atomic E-state index is -0.746. The minimum Gasteiger partial charge on any atom is -0.480 e. The zero-order chi connectivity index (χ0) is 13.1. The Morgan fingerprint density at radius 1 is 1.53 bits per heavy atom. The Labute approximate surface area is 103 Å². The summed E-state index contributed by atoms with van der Waals surface area (Å²) in [6.07, 6.45) is 3.44. The second kappa shape index (κ2) is 5.05. The maximum Gasteiger partial charge on any atom is 0.323 e. The molecule has 1 aliphatic rings. The maximum atomic E-state index is 11.4. The van der Waals surface area contributed by atoms with E-state index in [0.29, 0.717) is 19.4 Å². The second-order valence-corrected chi connectivity index (χ2v) is 5.77. The molecule has 0 spiro atoms. The van der Waals surface area contributed by atoms with Crippen LogP contribution in [0, 0.1) is 16.7 Å². The number of aliphatic carboxylic acids is 1. The van der Waals surface area contributed by atoms with Gasteiger partial charge in [-0.2, -0.15) is 5.26 Å². The van der Waals surface area contributed by atoms with E-state index in [2.05, 4.69) is 6.07 Å². The Bertz CT molecular complexity index is 333. The van der Waals surface area contributed by atoms with Crippen LogP contribution in [0.25, 0.3) is 0 Å². The monoisotopic (exact) mass is 238 g/mol. The standard InChI is InChI=1S/C13H22N2O2/c1-12(2,10-14)7-9-15-8-5-4-6-13(15,3)11(16)17/h4-9H2,1-3H3,(H,16,17). The number of carboxylic acid groups (broad SMARTS) is 1. The summed E-state index contributed by atoms with van der Waals surface area (Å²) < 4.78 is 0. The number of piperidine rings is 1. The van der Waals surface area contributed by atoms with Crippen LogP contribution in [0.3, 0.4) is 0 Å². The Balaban J connectivity index is 2.68. The van der Waals surface area contributed by atoms with Gasteiger partial charge >= 0.3 is 5.97 Å². The first-order valence-corrected chi connectivity index (χ1v) is 6.21. The summed E-state index contributed by atoms with van der Waals surface area (Å²) in [7, 11) is 0. The van der Waals surface area contributed by atoms with Crippen LogP contribution in [0.2, 0.25) is 0 Å². The SMILES string of the molecule is CC(C)(C#N)CCN1CCCCC1(C)C(=O)O. The molecule has 0 saturated carbocycles. The molecule has 0 bridgehead atoms. The quantitative estimate of drug-likeness (QED) is 0.816. The van der Waals surface area contributed by atoms with E-state index in [-0.39, 0.29) is 5.41 Å². The lowest BCUT2D eigenvalue weighted by molar-refractivity contribution is -0.153. The Kier molecular flexibility index (Phi) is 4.16. The Morgan fingerprint density at radius 3 is 2.71 bits per heavy atom. The lowest BCUT2D eigenvalue weighted by Gasteiger charge is -2.42. The van der Waals surface area contributed by atoms with E-state index < -0.39 is 11.5 Å². The number of carboxylic acids is 1. The third kappa shape index (κ3) is 3.19. The third-order valence-corrected chi connectivity index (χ3v) is 3.81. The fourth-order valence-corrected chi connectivity index (χ4v) is 2.25. The van der Waals surface area contributed by atoms with Gasteiger partial charge in [0.1, 0.15) is 5.54 Å². The predicted molar refractivity (Wildman–Crippen MR) is 65.5 cm³/mol. The highest BCUT2D eigenvalue weighted by Crippen LogP contribution is 2.30. The van der Waals surface area contributed by atoms with E-state index in [9.17, 15) is 9.90 Å². The molecule has 1 unspecified atom stereocenters. The van der Waals surface area contributed by atoms with Crippen molar-refractivity contribution >= 4 is 5.97 Å². The van der Waals surface area contributed by atoms with Gasteiger partial charge in [0, 0.05) is 6.54 Å². The first-order valence-electron chi connectivity index (χ1n) is 6.21. The fraction of sp³-hybridized carbons (Fsp3) is 0.846. The van der Waals surface area contributed by atoms with Gasteiger partial charge in [0.05, 0.1) is 11.5 Å². The number of carbonyl (C=O) groups is 1. The molecule has 1 heterocycles. The highest BCUT2D eigenvalue weighted by atomic mass is 16.4. The van der Waals surface area contributed by atoms with Gasteiger partial charge in [0.15, 0.2) is 0 Å². The van der Waals surface area contributed by atoms with Crippen LogP contribution in [0.1, 0.15) is 46.5 Å². The van der Waals surface area contributed by atoms with Gasteiger partial charge in [0.2, 0.25) is 0 Å². The number of hydrogen-bond acceptors (Lipinski definition) is 3. The zero-order valence-corrected chi connectivity index (χ0v) is 11.0. The molecule has 0 aromatic carbocycles. The third-order valence-electron chi connectivity index (χ3n) is 3.81. The number of likely N-dealkylation sites (tertiary alicyclic amines) is 1. The van der Waals surface area contributed by atoms with Crippen molar-refractivity contribution in [3.8, 4) is 6.07 Å². The van der Waals surface area contributed by atoms with Crippen LogP contribution < -0.4 is 0 Å². The van der Waals surface area contributed by atoms with E-state index in [1.165, 1.54) is 0 Å². The molecule has 4 heteroatoms. The lowest BCUT2D eigenvalue weighted by atomic mass is 9.86. The van der Waals surface area contributed by atoms with Crippen LogP contribution in [0.5, 0.6) is 0 Å². The molecule has 0 amide bonds. The summed E-state index contributed by atoms with van der Waals surface area (Å²) in [4.78, 5) is 13.4. The maximum absolute atomic E-state index is 11.4. The topological polar surface area (TPSA) is 64.3 Å². The largest absolute Gasteiger partial charge is 0.480 e. The summed E-state index contributed by atoms with van der Waals surface area (Å²) in [5, 5.41) is 18.3. The van der Waals surface area contributed by atoms with E-state index in [1.807, 2.05) is 18.7 Å². The molecule has 0 aromatic rings. The minimum absolute atomic E-state index is 0.378. The second-order valence-electron chi connectivity index (χ2n) is 5.77. The van der Waals surface area contributed by atoms with Crippen molar-refractivity contribution in [1.29, 1.82) is 5.26 Å². The molecule has 96 valence electrons. The smallest absolute Gasteiger partial charge is 0.323 e. The van der Waals surface area contributed by atoms with Crippen LogP contribution in [0.15, 0.2) is 0 Å². The van der Waals surface area contributed by atoms with Crippen LogP contribution in [0.4, 0.5) is 0 Å². The van der Waals surface area contributed by atoms with Gasteiger partial charge in [-0.15, -0.1) is 0 Å². The average Bonchev–Trinajstić information content (AvgIpc) is 2.28. The molecule has 0 aliphatic carbocycles. The van der Waals surface area contributed by atoms with Gasteiger partial charge < -0.3 is 5.11 Å². The van der Waals surface area contributed by atoms with Crippen molar-refractivity contribution in [2.45, 2.75) is 52.0 Å². The van der Waals surface area contributed by atoms with Gasteiger partial charge in [-0.25, -0.2) is 0 Å². The first-order chi connectivity index (χ1) is 7.82. The van der Waals surface area contributed by atoms with Crippen molar-refractivity contribution in [1.82, 2.24) is 4.90 Å². The van der Waals surface area contributed by atoms with Crippen molar-refractivity contribution in [3.05, 3.63) is 0 Å². The van der Waals surface area contributed by atoms with E-state index >= 15 is 0 Å². The van der Waals surface area contributed by atoms with Crippen LogP contribution in [-0.4, -0.2) is 34.6 Å². The molecule has 17 heavy (non-hydrogen) atoms. The summed E-state index contributed by atoms with van der Waals surface area (Å²) in [5.41, 5.74) is -1.12. The number of hydrogen-bond donors (Lipinski definition) is 1. The predicted octanol–water partition coefficient (Wildman–Crippen LogP) is 2.26. The van der Waals surface area contributed by atoms with E-state index in [1.54, 1.807) is 6.92 Å². The zero-order valence-electron chi connectivity index (χ0n) is 11.0.